The number of ether oxygens (including phenoxy) is 2. The Bertz CT molecular complexity index is 591. The summed E-state index contributed by atoms with van der Waals surface area (Å²) in [7, 11) is 0. The lowest BCUT2D eigenvalue weighted by Gasteiger charge is -2.09. The summed E-state index contributed by atoms with van der Waals surface area (Å²) in [6.07, 6.45) is 3.64. The van der Waals surface area contributed by atoms with Crippen LogP contribution in [0.15, 0.2) is 42.6 Å². The van der Waals surface area contributed by atoms with Crippen molar-refractivity contribution in [1.29, 1.82) is 0 Å². The summed E-state index contributed by atoms with van der Waals surface area (Å²) in [6, 6.07) is 11.4. The fourth-order valence-corrected chi connectivity index (χ4v) is 2.32. The van der Waals surface area contributed by atoms with E-state index in [1.54, 1.807) is 24.4 Å². The minimum absolute atomic E-state index is 0.253. The fraction of sp³-hybridized carbons (Fsp3) is 0.333. The molecule has 1 heterocycles. The Hall–Kier alpha value is -2.36. The highest BCUT2D eigenvalue weighted by molar-refractivity contribution is 5.62. The first-order chi connectivity index (χ1) is 10.7. The van der Waals surface area contributed by atoms with Gasteiger partial charge < -0.3 is 9.47 Å². The van der Waals surface area contributed by atoms with Crippen molar-refractivity contribution in [3.05, 3.63) is 59.3 Å². The van der Waals surface area contributed by atoms with Gasteiger partial charge in [-0.05, 0) is 55.9 Å². The second-order valence-electron chi connectivity index (χ2n) is 5.20. The van der Waals surface area contributed by atoms with Crippen molar-refractivity contribution in [1.82, 2.24) is 4.98 Å². The number of hydrogen-bond acceptors (Lipinski definition) is 4. The maximum Gasteiger partial charge on any atom is 0.515 e. The molecule has 0 amide bonds. The standard InChI is InChI=1S/C18H21NO3/c1-14-8-7-9-15(2)16(14)10-4-6-13-21-18(20)22-17-11-3-5-12-19-17/h3,5,7-9,11-12H,4,6,10,13H2,1-2H3. The maximum absolute atomic E-state index is 11.5. The monoisotopic (exact) mass is 299 g/mol. The van der Waals surface area contributed by atoms with Crippen molar-refractivity contribution in [3.8, 4) is 5.88 Å². The highest BCUT2D eigenvalue weighted by Gasteiger charge is 2.06. The fourth-order valence-electron chi connectivity index (χ4n) is 2.32. The molecule has 2 aromatic rings. The van der Waals surface area contributed by atoms with Crippen LogP contribution < -0.4 is 4.74 Å². The Morgan fingerprint density at radius 3 is 2.50 bits per heavy atom. The van der Waals surface area contributed by atoms with E-state index in [2.05, 4.69) is 37.0 Å². The van der Waals surface area contributed by atoms with Crippen molar-refractivity contribution in [2.24, 2.45) is 0 Å². The van der Waals surface area contributed by atoms with Crippen molar-refractivity contribution in [2.75, 3.05) is 6.61 Å². The van der Waals surface area contributed by atoms with E-state index < -0.39 is 6.16 Å². The minimum Gasteiger partial charge on any atom is -0.434 e. The average Bonchev–Trinajstić information content (AvgIpc) is 2.50. The Morgan fingerprint density at radius 2 is 1.82 bits per heavy atom. The van der Waals surface area contributed by atoms with E-state index in [1.807, 2.05) is 0 Å². The normalized spacial score (nSPS) is 10.3. The zero-order valence-electron chi connectivity index (χ0n) is 13.0. The van der Waals surface area contributed by atoms with Crippen LogP contribution in [0, 0.1) is 13.8 Å². The largest absolute Gasteiger partial charge is 0.515 e. The summed E-state index contributed by atoms with van der Waals surface area (Å²) < 4.78 is 9.99. The lowest BCUT2D eigenvalue weighted by molar-refractivity contribution is 0.0960. The number of rotatable bonds is 6. The summed E-state index contributed by atoms with van der Waals surface area (Å²) in [4.78, 5) is 15.4. The van der Waals surface area contributed by atoms with Gasteiger partial charge in [-0.2, -0.15) is 0 Å². The molecule has 2 rings (SSSR count). The van der Waals surface area contributed by atoms with Gasteiger partial charge in [0.15, 0.2) is 0 Å². The molecule has 1 aromatic carbocycles. The van der Waals surface area contributed by atoms with Gasteiger partial charge in [-0.3, -0.25) is 0 Å². The van der Waals surface area contributed by atoms with E-state index >= 15 is 0 Å². The molecule has 0 spiro atoms. The van der Waals surface area contributed by atoms with E-state index in [9.17, 15) is 4.79 Å². The summed E-state index contributed by atoms with van der Waals surface area (Å²) in [6.45, 7) is 4.61. The number of carbonyl (C=O) groups is 1. The number of carbonyl (C=O) groups excluding carboxylic acids is 1. The Kier molecular flexibility index (Phi) is 5.95. The molecule has 116 valence electrons. The molecule has 0 saturated carbocycles. The smallest absolute Gasteiger partial charge is 0.434 e. The van der Waals surface area contributed by atoms with E-state index in [4.69, 9.17) is 9.47 Å². The van der Waals surface area contributed by atoms with Crippen molar-refractivity contribution < 1.29 is 14.3 Å². The maximum atomic E-state index is 11.5. The quantitative estimate of drug-likeness (QED) is 0.591. The van der Waals surface area contributed by atoms with Crippen LogP contribution in [-0.2, 0) is 11.2 Å². The molecule has 4 heteroatoms. The molecule has 0 bridgehead atoms. The van der Waals surface area contributed by atoms with Crippen LogP contribution in [0.4, 0.5) is 4.79 Å². The van der Waals surface area contributed by atoms with Crippen LogP contribution >= 0.6 is 0 Å². The number of unbranched alkanes of at least 4 members (excludes halogenated alkanes) is 1. The SMILES string of the molecule is Cc1cccc(C)c1CCCCOC(=O)Oc1ccccn1. The van der Waals surface area contributed by atoms with Gasteiger partial charge in [-0.15, -0.1) is 0 Å². The van der Waals surface area contributed by atoms with Crippen molar-refractivity contribution >= 4 is 6.16 Å². The number of nitrogens with zero attached hydrogens (tertiary/aromatic N) is 1. The first-order valence-corrected chi connectivity index (χ1v) is 7.47. The van der Waals surface area contributed by atoms with Gasteiger partial charge in [-0.1, -0.05) is 24.3 Å². The molecule has 0 aliphatic heterocycles. The van der Waals surface area contributed by atoms with Crippen LogP contribution in [0.3, 0.4) is 0 Å². The summed E-state index contributed by atoms with van der Waals surface area (Å²) in [5, 5.41) is 0. The molecule has 0 radical (unpaired) electrons. The van der Waals surface area contributed by atoms with Gasteiger partial charge in [0, 0.05) is 12.3 Å². The molecule has 0 aliphatic carbocycles. The van der Waals surface area contributed by atoms with Gasteiger partial charge in [0.25, 0.3) is 0 Å². The molecule has 0 saturated heterocycles. The molecule has 22 heavy (non-hydrogen) atoms. The Labute approximate surface area is 131 Å². The molecular formula is C18H21NO3. The predicted molar refractivity (Wildman–Crippen MR) is 85.1 cm³/mol. The number of aryl methyl sites for hydroxylation is 2. The van der Waals surface area contributed by atoms with Gasteiger partial charge >= 0.3 is 6.16 Å². The number of aromatic nitrogens is 1. The van der Waals surface area contributed by atoms with Crippen LogP contribution in [0.2, 0.25) is 0 Å². The lowest BCUT2D eigenvalue weighted by atomic mass is 9.98. The minimum atomic E-state index is -0.703. The number of hydrogen-bond donors (Lipinski definition) is 0. The van der Waals surface area contributed by atoms with E-state index in [0.29, 0.717) is 6.61 Å². The Balaban J connectivity index is 1.66. The lowest BCUT2D eigenvalue weighted by Crippen LogP contribution is -2.12. The molecular weight excluding hydrogens is 278 g/mol. The highest BCUT2D eigenvalue weighted by atomic mass is 16.7. The molecule has 4 nitrogen and oxygen atoms in total. The van der Waals surface area contributed by atoms with E-state index in [0.717, 1.165) is 19.3 Å². The molecule has 0 aliphatic rings. The predicted octanol–water partition coefficient (Wildman–Crippen LogP) is 4.24. The summed E-state index contributed by atoms with van der Waals surface area (Å²) in [5.41, 5.74) is 4.02. The van der Waals surface area contributed by atoms with Gasteiger partial charge in [0.2, 0.25) is 5.88 Å². The third-order valence-electron chi connectivity index (χ3n) is 3.51. The zero-order valence-corrected chi connectivity index (χ0v) is 13.0. The van der Waals surface area contributed by atoms with Gasteiger partial charge in [0.05, 0.1) is 6.61 Å². The average molecular weight is 299 g/mol. The van der Waals surface area contributed by atoms with Crippen molar-refractivity contribution in [3.63, 3.8) is 0 Å². The van der Waals surface area contributed by atoms with E-state index in [-0.39, 0.29) is 5.88 Å². The molecule has 0 unspecified atom stereocenters. The van der Waals surface area contributed by atoms with Crippen LogP contribution in [0.25, 0.3) is 0 Å². The van der Waals surface area contributed by atoms with Crippen LogP contribution in [0.1, 0.15) is 29.5 Å². The third kappa shape index (κ3) is 4.88. The molecule has 1 aromatic heterocycles. The summed E-state index contributed by atoms with van der Waals surface area (Å²) in [5.74, 6) is 0.253. The topological polar surface area (TPSA) is 48.4 Å². The third-order valence-corrected chi connectivity index (χ3v) is 3.51. The number of pyridine rings is 1. The molecule has 0 atom stereocenters. The van der Waals surface area contributed by atoms with Crippen LogP contribution in [0.5, 0.6) is 5.88 Å². The van der Waals surface area contributed by atoms with E-state index in [1.165, 1.54) is 16.7 Å². The number of benzene rings is 1. The second-order valence-corrected chi connectivity index (χ2v) is 5.20. The molecule has 0 fully saturated rings. The van der Waals surface area contributed by atoms with Crippen LogP contribution in [-0.4, -0.2) is 17.7 Å². The van der Waals surface area contributed by atoms with Gasteiger partial charge in [0.1, 0.15) is 0 Å². The molecule has 0 N–H and O–H groups in total. The first-order valence-electron chi connectivity index (χ1n) is 7.47. The van der Waals surface area contributed by atoms with Crippen molar-refractivity contribution in [2.45, 2.75) is 33.1 Å². The van der Waals surface area contributed by atoms with Gasteiger partial charge in [-0.25, -0.2) is 9.78 Å². The Morgan fingerprint density at radius 1 is 1.05 bits per heavy atom. The highest BCUT2D eigenvalue weighted by Crippen LogP contribution is 2.16. The summed E-state index contributed by atoms with van der Waals surface area (Å²) >= 11 is 0. The second kappa shape index (κ2) is 8.17. The first kappa shape index (κ1) is 16.0. The zero-order chi connectivity index (χ0) is 15.8.